The Balaban J connectivity index is 2.17. The van der Waals surface area contributed by atoms with E-state index in [1.807, 2.05) is 25.1 Å². The number of nitrogen functional groups attached to an aromatic ring is 1. The molecule has 0 bridgehead atoms. The molecule has 1 aromatic carbocycles. The number of aliphatic hydroxyl groups excluding tert-OH is 1. The Labute approximate surface area is 108 Å². The summed E-state index contributed by atoms with van der Waals surface area (Å²) >= 11 is 0. The number of aliphatic hydroxyl groups is 1. The van der Waals surface area contributed by atoms with Crippen molar-refractivity contribution in [2.75, 3.05) is 24.3 Å². The van der Waals surface area contributed by atoms with E-state index in [-0.39, 0.29) is 12.1 Å². The van der Waals surface area contributed by atoms with Crippen molar-refractivity contribution in [3.05, 3.63) is 18.2 Å². The molecule has 4 heteroatoms. The maximum absolute atomic E-state index is 9.59. The van der Waals surface area contributed by atoms with Crippen LogP contribution in [-0.4, -0.2) is 23.9 Å². The predicted octanol–water partition coefficient (Wildman–Crippen LogP) is 2.38. The van der Waals surface area contributed by atoms with Gasteiger partial charge in [-0.25, -0.2) is 0 Å². The minimum atomic E-state index is -0.183. The molecule has 0 saturated heterocycles. The molecule has 1 aromatic rings. The van der Waals surface area contributed by atoms with E-state index in [9.17, 15) is 5.11 Å². The monoisotopic (exact) mass is 250 g/mol. The maximum Gasteiger partial charge on any atom is 0.123 e. The fourth-order valence-electron chi connectivity index (χ4n) is 2.62. The van der Waals surface area contributed by atoms with Crippen molar-refractivity contribution >= 4 is 11.4 Å². The highest BCUT2D eigenvalue weighted by molar-refractivity contribution is 5.60. The van der Waals surface area contributed by atoms with Crippen LogP contribution in [0, 0.1) is 0 Å². The molecule has 0 aromatic heterocycles. The van der Waals surface area contributed by atoms with E-state index in [0.717, 1.165) is 37.1 Å². The lowest BCUT2D eigenvalue weighted by Gasteiger charge is -2.29. The summed E-state index contributed by atoms with van der Waals surface area (Å²) in [6.07, 6.45) is 4.33. The van der Waals surface area contributed by atoms with Crippen molar-refractivity contribution in [3.8, 4) is 5.75 Å². The molecule has 0 radical (unpaired) electrons. The lowest BCUT2D eigenvalue weighted by molar-refractivity contribution is 0.214. The van der Waals surface area contributed by atoms with Crippen LogP contribution < -0.4 is 15.8 Å². The minimum Gasteiger partial charge on any atom is -0.494 e. The largest absolute Gasteiger partial charge is 0.494 e. The molecule has 18 heavy (non-hydrogen) atoms. The number of hydrogen-bond acceptors (Lipinski definition) is 4. The fourth-order valence-corrected chi connectivity index (χ4v) is 2.62. The molecule has 1 aliphatic carbocycles. The summed E-state index contributed by atoms with van der Waals surface area (Å²) in [5.74, 6) is 0.770. The zero-order valence-corrected chi connectivity index (χ0v) is 10.9. The Morgan fingerprint density at radius 3 is 2.67 bits per heavy atom. The van der Waals surface area contributed by atoms with Gasteiger partial charge in [-0.3, -0.25) is 0 Å². The molecule has 0 spiro atoms. The molecule has 0 amide bonds. The molecule has 1 fully saturated rings. The van der Waals surface area contributed by atoms with Crippen molar-refractivity contribution in [2.45, 2.75) is 38.1 Å². The number of anilines is 2. The molecule has 2 rings (SSSR count). The molecule has 0 atom stereocenters. The van der Waals surface area contributed by atoms with Gasteiger partial charge in [0.15, 0.2) is 0 Å². The van der Waals surface area contributed by atoms with Gasteiger partial charge >= 0.3 is 0 Å². The summed E-state index contributed by atoms with van der Waals surface area (Å²) in [4.78, 5) is 0. The van der Waals surface area contributed by atoms with Gasteiger partial charge in [0.2, 0.25) is 0 Å². The van der Waals surface area contributed by atoms with Crippen LogP contribution in [0.1, 0.15) is 32.6 Å². The topological polar surface area (TPSA) is 67.5 Å². The van der Waals surface area contributed by atoms with E-state index in [1.54, 1.807) is 0 Å². The molecular formula is C14H22N2O2. The second kappa shape index (κ2) is 5.48. The predicted molar refractivity (Wildman–Crippen MR) is 73.9 cm³/mol. The smallest absolute Gasteiger partial charge is 0.123 e. The van der Waals surface area contributed by atoms with Crippen LogP contribution >= 0.6 is 0 Å². The standard InChI is InChI=1S/C14H22N2O2/c1-2-18-13-8-11(15)7-12(9-13)16-14(10-17)5-3-4-6-14/h7-9,16-17H,2-6,10,15H2,1H3. The van der Waals surface area contributed by atoms with Crippen LogP contribution in [0.25, 0.3) is 0 Å². The average Bonchev–Trinajstić information content (AvgIpc) is 2.78. The first kappa shape index (κ1) is 13.0. The first-order valence-electron chi connectivity index (χ1n) is 6.60. The highest BCUT2D eigenvalue weighted by Gasteiger charge is 2.32. The number of nitrogens with one attached hydrogen (secondary N) is 1. The highest BCUT2D eigenvalue weighted by atomic mass is 16.5. The average molecular weight is 250 g/mol. The van der Waals surface area contributed by atoms with Crippen molar-refractivity contribution in [1.29, 1.82) is 0 Å². The third-order valence-corrected chi connectivity index (χ3v) is 3.51. The third-order valence-electron chi connectivity index (χ3n) is 3.51. The molecule has 1 aliphatic rings. The highest BCUT2D eigenvalue weighted by Crippen LogP contribution is 2.34. The Kier molecular flexibility index (Phi) is 3.97. The zero-order valence-electron chi connectivity index (χ0n) is 10.9. The van der Waals surface area contributed by atoms with Gasteiger partial charge in [0.05, 0.1) is 18.8 Å². The van der Waals surface area contributed by atoms with E-state index in [0.29, 0.717) is 12.3 Å². The van der Waals surface area contributed by atoms with Crippen LogP contribution in [0.5, 0.6) is 5.75 Å². The van der Waals surface area contributed by atoms with Gasteiger partial charge in [-0.2, -0.15) is 0 Å². The minimum absolute atomic E-state index is 0.158. The molecular weight excluding hydrogens is 228 g/mol. The van der Waals surface area contributed by atoms with Crippen LogP contribution in [0.4, 0.5) is 11.4 Å². The van der Waals surface area contributed by atoms with E-state index < -0.39 is 0 Å². The molecule has 0 aliphatic heterocycles. The lowest BCUT2D eigenvalue weighted by atomic mass is 9.98. The second-order valence-electron chi connectivity index (χ2n) is 4.99. The van der Waals surface area contributed by atoms with Crippen molar-refractivity contribution in [1.82, 2.24) is 0 Å². The Bertz CT molecular complexity index is 401. The molecule has 4 nitrogen and oxygen atoms in total. The zero-order chi connectivity index (χ0) is 13.0. The number of nitrogens with two attached hydrogens (primary N) is 1. The summed E-state index contributed by atoms with van der Waals surface area (Å²) in [5, 5.41) is 13.0. The summed E-state index contributed by atoms with van der Waals surface area (Å²) < 4.78 is 5.48. The van der Waals surface area contributed by atoms with Gasteiger partial charge < -0.3 is 20.9 Å². The number of benzene rings is 1. The number of rotatable bonds is 5. The van der Waals surface area contributed by atoms with E-state index in [4.69, 9.17) is 10.5 Å². The first-order chi connectivity index (χ1) is 8.67. The SMILES string of the molecule is CCOc1cc(N)cc(NC2(CO)CCCC2)c1. The molecule has 1 saturated carbocycles. The van der Waals surface area contributed by atoms with Crippen LogP contribution in [-0.2, 0) is 0 Å². The Morgan fingerprint density at radius 1 is 1.33 bits per heavy atom. The van der Waals surface area contributed by atoms with Gasteiger partial charge in [0, 0.05) is 23.5 Å². The van der Waals surface area contributed by atoms with Gasteiger partial charge in [-0.1, -0.05) is 12.8 Å². The van der Waals surface area contributed by atoms with E-state index >= 15 is 0 Å². The number of ether oxygens (including phenoxy) is 1. The third kappa shape index (κ3) is 2.88. The van der Waals surface area contributed by atoms with Crippen molar-refractivity contribution in [3.63, 3.8) is 0 Å². The quantitative estimate of drug-likeness (QED) is 0.702. The molecule has 100 valence electrons. The van der Waals surface area contributed by atoms with E-state index in [1.165, 1.54) is 0 Å². The van der Waals surface area contributed by atoms with Gasteiger partial charge in [0.25, 0.3) is 0 Å². The second-order valence-corrected chi connectivity index (χ2v) is 4.99. The lowest BCUT2D eigenvalue weighted by Crippen LogP contribution is -2.39. The summed E-state index contributed by atoms with van der Waals surface area (Å²) in [6, 6.07) is 5.64. The van der Waals surface area contributed by atoms with E-state index in [2.05, 4.69) is 5.32 Å². The summed E-state index contributed by atoms with van der Waals surface area (Å²) in [6.45, 7) is 2.72. The van der Waals surface area contributed by atoms with Gasteiger partial charge in [-0.15, -0.1) is 0 Å². The number of hydrogen-bond donors (Lipinski definition) is 3. The maximum atomic E-state index is 9.59. The van der Waals surface area contributed by atoms with Gasteiger partial charge in [0.1, 0.15) is 5.75 Å². The van der Waals surface area contributed by atoms with Crippen molar-refractivity contribution < 1.29 is 9.84 Å². The fraction of sp³-hybridized carbons (Fsp3) is 0.571. The summed E-state index contributed by atoms with van der Waals surface area (Å²) in [5.41, 5.74) is 7.28. The van der Waals surface area contributed by atoms with Crippen molar-refractivity contribution in [2.24, 2.45) is 0 Å². The Morgan fingerprint density at radius 2 is 2.06 bits per heavy atom. The van der Waals surface area contributed by atoms with Gasteiger partial charge in [-0.05, 0) is 25.8 Å². The molecule has 0 heterocycles. The normalized spacial score (nSPS) is 17.7. The molecule has 4 N–H and O–H groups in total. The van der Waals surface area contributed by atoms with Crippen LogP contribution in [0.2, 0.25) is 0 Å². The summed E-state index contributed by atoms with van der Waals surface area (Å²) in [7, 11) is 0. The van der Waals surface area contributed by atoms with Crippen LogP contribution in [0.3, 0.4) is 0 Å². The Hall–Kier alpha value is -1.42. The van der Waals surface area contributed by atoms with Crippen LogP contribution in [0.15, 0.2) is 18.2 Å². The molecule has 0 unspecified atom stereocenters. The first-order valence-corrected chi connectivity index (χ1v) is 6.60.